The van der Waals surface area contributed by atoms with Gasteiger partial charge in [-0.2, -0.15) is 0 Å². The van der Waals surface area contributed by atoms with E-state index in [1.54, 1.807) is 37.5 Å². The van der Waals surface area contributed by atoms with Gasteiger partial charge in [0.2, 0.25) is 0 Å². The molecule has 3 aromatic rings. The van der Waals surface area contributed by atoms with Crippen LogP contribution in [0, 0.1) is 13.8 Å². The summed E-state index contributed by atoms with van der Waals surface area (Å²) in [6, 6.07) is 5.88. The van der Waals surface area contributed by atoms with Crippen molar-refractivity contribution in [3.8, 4) is 0 Å². The molecule has 0 atom stereocenters. The van der Waals surface area contributed by atoms with Gasteiger partial charge in [0, 0.05) is 37.3 Å². The second-order valence-electron chi connectivity index (χ2n) is 10.4. The van der Waals surface area contributed by atoms with Gasteiger partial charge in [0.1, 0.15) is 10.0 Å². The molecular weight excluding hydrogens is 657 g/mol. The molecule has 12 nitrogen and oxygen atoms in total. The number of carbonyl (C=O) groups excluding carboxylic acids is 6. The molecule has 1 aromatic carbocycles. The average molecular weight is 699 g/mol. The number of rotatable bonds is 14. The molecule has 0 aliphatic heterocycles. The van der Waals surface area contributed by atoms with Crippen molar-refractivity contribution in [3.05, 3.63) is 67.4 Å². The molecule has 0 aliphatic rings. The van der Waals surface area contributed by atoms with Gasteiger partial charge >= 0.3 is 11.9 Å². The van der Waals surface area contributed by atoms with E-state index < -0.39 is 23.8 Å². The molecule has 4 amide bonds. The summed E-state index contributed by atoms with van der Waals surface area (Å²) in [5, 5.41) is 5.77. The third-order valence-corrected chi connectivity index (χ3v) is 9.97. The van der Waals surface area contributed by atoms with Crippen molar-refractivity contribution in [2.45, 2.75) is 55.4 Å². The van der Waals surface area contributed by atoms with Crippen molar-refractivity contribution in [3.63, 3.8) is 0 Å². The van der Waals surface area contributed by atoms with Crippen LogP contribution in [-0.2, 0) is 9.47 Å². The Morgan fingerprint density at radius 2 is 0.979 bits per heavy atom. The predicted molar refractivity (Wildman–Crippen MR) is 187 cm³/mol. The number of ether oxygens (including phenoxy) is 2. The monoisotopic (exact) mass is 698 g/mol. The Morgan fingerprint density at radius 3 is 1.29 bits per heavy atom. The predicted octanol–water partition coefficient (Wildman–Crippen LogP) is 6.25. The smallest absolute Gasteiger partial charge is 0.341 e. The van der Waals surface area contributed by atoms with Crippen molar-refractivity contribution in [1.82, 2.24) is 9.80 Å². The Kier molecular flexibility index (Phi) is 13.4. The van der Waals surface area contributed by atoms with Crippen LogP contribution >= 0.6 is 22.7 Å². The molecule has 2 aromatic heterocycles. The Hall–Kier alpha value is -4.56. The van der Waals surface area contributed by atoms with Crippen molar-refractivity contribution >= 4 is 68.2 Å². The van der Waals surface area contributed by atoms with Crippen LogP contribution in [0.15, 0.2) is 24.3 Å². The first-order valence-electron chi connectivity index (χ1n) is 15.8. The lowest BCUT2D eigenvalue weighted by Crippen LogP contribution is -2.30. The minimum atomic E-state index is -0.671. The normalized spacial score (nSPS) is 10.7. The molecule has 258 valence electrons. The summed E-state index contributed by atoms with van der Waals surface area (Å²) in [5.74, 6) is -3.11. The molecule has 0 fully saturated rings. The Labute approximate surface area is 288 Å². The van der Waals surface area contributed by atoms with Gasteiger partial charge in [-0.15, -0.1) is 22.7 Å². The van der Waals surface area contributed by atoms with Gasteiger partial charge in [-0.3, -0.25) is 19.2 Å². The number of thiophene rings is 2. The van der Waals surface area contributed by atoms with E-state index in [9.17, 15) is 28.8 Å². The Bertz CT molecular complexity index is 1580. The zero-order chi connectivity index (χ0) is 35.7. The average Bonchev–Trinajstić information content (AvgIpc) is 3.57. The van der Waals surface area contributed by atoms with Gasteiger partial charge < -0.3 is 29.9 Å². The highest BCUT2D eigenvalue weighted by Gasteiger charge is 2.30. The molecule has 3 rings (SSSR count). The number of nitrogens with zero attached hydrogens (tertiary/aromatic N) is 2. The third-order valence-electron chi connectivity index (χ3n) is 7.58. The molecule has 0 spiro atoms. The van der Waals surface area contributed by atoms with E-state index in [2.05, 4.69) is 10.6 Å². The summed E-state index contributed by atoms with van der Waals surface area (Å²) in [6.45, 7) is 16.1. The van der Waals surface area contributed by atoms with Crippen molar-refractivity contribution in [2.75, 3.05) is 50.0 Å². The van der Waals surface area contributed by atoms with Crippen LogP contribution in [0.2, 0.25) is 0 Å². The number of benzene rings is 1. The van der Waals surface area contributed by atoms with E-state index in [-0.39, 0.29) is 57.3 Å². The van der Waals surface area contributed by atoms with Crippen LogP contribution in [0.1, 0.15) is 113 Å². The quantitative estimate of drug-likeness (QED) is 0.188. The first-order valence-corrected chi connectivity index (χ1v) is 17.4. The Morgan fingerprint density at radius 1 is 0.625 bits per heavy atom. The van der Waals surface area contributed by atoms with E-state index in [0.29, 0.717) is 47.1 Å². The summed E-state index contributed by atoms with van der Waals surface area (Å²) in [6.07, 6.45) is 0. The molecule has 2 N–H and O–H groups in total. The van der Waals surface area contributed by atoms with Gasteiger partial charge in [0.25, 0.3) is 23.6 Å². The van der Waals surface area contributed by atoms with Crippen LogP contribution < -0.4 is 10.6 Å². The second kappa shape index (κ2) is 17.0. The van der Waals surface area contributed by atoms with Gasteiger partial charge in [0.05, 0.1) is 34.1 Å². The lowest BCUT2D eigenvalue weighted by atomic mass is 10.1. The zero-order valence-corrected chi connectivity index (χ0v) is 30.2. The van der Waals surface area contributed by atoms with Crippen LogP contribution in [0.5, 0.6) is 0 Å². The number of nitrogens with one attached hydrogen (secondary N) is 2. The summed E-state index contributed by atoms with van der Waals surface area (Å²) in [5.41, 5.74) is 1.20. The summed E-state index contributed by atoms with van der Waals surface area (Å²) in [7, 11) is 0. The molecule has 0 aliphatic carbocycles. The van der Waals surface area contributed by atoms with Gasteiger partial charge in [-0.25, -0.2) is 9.59 Å². The number of amides is 4. The number of hydrogen-bond acceptors (Lipinski definition) is 10. The van der Waals surface area contributed by atoms with Gasteiger partial charge in [-0.05, 0) is 84.7 Å². The van der Waals surface area contributed by atoms with Crippen LogP contribution in [0.3, 0.4) is 0 Å². The number of anilines is 2. The first kappa shape index (κ1) is 37.9. The van der Waals surface area contributed by atoms with E-state index in [4.69, 9.17) is 9.47 Å². The molecule has 0 radical (unpaired) electrons. The van der Waals surface area contributed by atoms with Crippen LogP contribution in [0.4, 0.5) is 10.0 Å². The topological polar surface area (TPSA) is 151 Å². The maximum absolute atomic E-state index is 13.5. The Balaban J connectivity index is 1.96. The molecule has 14 heteroatoms. The molecular formula is C34H42N4O8S2. The maximum atomic E-state index is 13.5. The van der Waals surface area contributed by atoms with Gasteiger partial charge in [-0.1, -0.05) is 6.07 Å². The van der Waals surface area contributed by atoms with E-state index in [1.807, 2.05) is 27.7 Å². The zero-order valence-electron chi connectivity index (χ0n) is 28.5. The minimum Gasteiger partial charge on any atom is -0.462 e. The number of esters is 2. The SMILES string of the molecule is CCOC(=O)c1c(NC(=O)c2cccc(C(=O)Nc3sc(C(=O)N(CC)CC)c(C)c3C(=O)OCC)c2)sc(C(=O)N(CC)CC)c1C. The van der Waals surface area contributed by atoms with E-state index >= 15 is 0 Å². The summed E-state index contributed by atoms with van der Waals surface area (Å²) < 4.78 is 10.5. The molecule has 48 heavy (non-hydrogen) atoms. The van der Waals surface area contributed by atoms with E-state index in [0.717, 1.165) is 22.7 Å². The van der Waals surface area contributed by atoms with Crippen molar-refractivity contribution in [1.29, 1.82) is 0 Å². The lowest BCUT2D eigenvalue weighted by molar-refractivity contribution is 0.0517. The third kappa shape index (κ3) is 8.11. The highest BCUT2D eigenvalue weighted by Crippen LogP contribution is 2.36. The number of carbonyl (C=O) groups is 6. The molecule has 0 saturated heterocycles. The fraction of sp³-hybridized carbons (Fsp3) is 0.412. The largest absolute Gasteiger partial charge is 0.462 e. The highest BCUT2D eigenvalue weighted by atomic mass is 32.1. The van der Waals surface area contributed by atoms with Crippen LogP contribution in [0.25, 0.3) is 0 Å². The standard InChI is InChI=1S/C34H42N4O8S2/c1-9-37(10-2)31(41)25-19(7)23(33(43)45-13-5)29(47-25)35-27(39)21-16-15-17-22(18-21)28(40)36-30-24(34(44)46-14-6)20(8)26(48-30)32(42)38(11-3)12-4/h15-18H,9-14H2,1-8H3,(H,35,39)(H,36,40). The second-order valence-corrected chi connectivity index (χ2v) is 12.4. The molecule has 2 heterocycles. The summed E-state index contributed by atoms with van der Waals surface area (Å²) >= 11 is 1.97. The molecule has 0 bridgehead atoms. The highest BCUT2D eigenvalue weighted by molar-refractivity contribution is 7.19. The molecule has 0 unspecified atom stereocenters. The summed E-state index contributed by atoms with van der Waals surface area (Å²) in [4.78, 5) is 83.1. The molecule has 0 saturated carbocycles. The maximum Gasteiger partial charge on any atom is 0.341 e. The van der Waals surface area contributed by atoms with E-state index in [1.165, 1.54) is 24.3 Å². The van der Waals surface area contributed by atoms with Gasteiger partial charge in [0.15, 0.2) is 0 Å². The van der Waals surface area contributed by atoms with Crippen molar-refractivity contribution < 1.29 is 38.2 Å². The van der Waals surface area contributed by atoms with Crippen LogP contribution in [-0.4, -0.2) is 84.8 Å². The lowest BCUT2D eigenvalue weighted by Gasteiger charge is -2.18. The fourth-order valence-electron chi connectivity index (χ4n) is 4.97. The van der Waals surface area contributed by atoms with Crippen molar-refractivity contribution in [2.24, 2.45) is 0 Å². The minimum absolute atomic E-state index is 0.0919. The first-order chi connectivity index (χ1) is 22.9. The number of hydrogen-bond donors (Lipinski definition) is 2. The fourth-order valence-corrected chi connectivity index (χ4v) is 7.29.